The van der Waals surface area contributed by atoms with Crippen molar-refractivity contribution < 1.29 is 4.74 Å². The van der Waals surface area contributed by atoms with E-state index in [2.05, 4.69) is 4.98 Å². The molecule has 2 rings (SSSR count). The lowest BCUT2D eigenvalue weighted by molar-refractivity contribution is 0.419. The fourth-order valence-electron chi connectivity index (χ4n) is 1.50. The predicted molar refractivity (Wildman–Crippen MR) is 55.9 cm³/mol. The molecule has 0 radical (unpaired) electrons. The van der Waals surface area contributed by atoms with Gasteiger partial charge in [0.25, 0.3) is 0 Å². The van der Waals surface area contributed by atoms with E-state index >= 15 is 0 Å². The molecule has 1 heterocycles. The fraction of sp³-hybridized carbons (Fsp3) is 0.182. The lowest BCUT2D eigenvalue weighted by atomic mass is 10.1. The number of aromatic amines is 1. The third-order valence-corrected chi connectivity index (χ3v) is 2.28. The maximum atomic E-state index is 11.7. The summed E-state index contributed by atoms with van der Waals surface area (Å²) < 4.78 is 5.15. The van der Waals surface area contributed by atoms with Crippen molar-refractivity contribution in [3.63, 3.8) is 0 Å². The number of H-pyrrole nitrogens is 1. The minimum Gasteiger partial charge on any atom is -0.495 e. The van der Waals surface area contributed by atoms with Crippen molar-refractivity contribution in [1.82, 2.24) is 4.98 Å². The van der Waals surface area contributed by atoms with Crippen LogP contribution >= 0.6 is 0 Å². The molecule has 1 aromatic carbocycles. The zero-order valence-corrected chi connectivity index (χ0v) is 8.13. The van der Waals surface area contributed by atoms with Crippen LogP contribution in [0.2, 0.25) is 0 Å². The SMILES string of the molecule is COc1cccc2c(=O)c(C)c[nH]c12. The average molecular weight is 189 g/mol. The van der Waals surface area contributed by atoms with Gasteiger partial charge in [0.2, 0.25) is 0 Å². The van der Waals surface area contributed by atoms with Gasteiger partial charge in [-0.15, -0.1) is 0 Å². The summed E-state index contributed by atoms with van der Waals surface area (Å²) in [5, 5.41) is 0.671. The van der Waals surface area contributed by atoms with Crippen LogP contribution in [0.1, 0.15) is 5.56 Å². The summed E-state index contributed by atoms with van der Waals surface area (Å²) in [6.45, 7) is 1.79. The van der Waals surface area contributed by atoms with E-state index in [-0.39, 0.29) is 5.43 Å². The van der Waals surface area contributed by atoms with E-state index in [1.54, 1.807) is 26.3 Å². The van der Waals surface area contributed by atoms with Gasteiger partial charge in [-0.05, 0) is 19.1 Å². The Bertz CT molecular complexity index is 528. The van der Waals surface area contributed by atoms with Crippen molar-refractivity contribution in [3.05, 3.63) is 40.2 Å². The van der Waals surface area contributed by atoms with Crippen LogP contribution in [-0.2, 0) is 0 Å². The maximum absolute atomic E-state index is 11.7. The first-order valence-electron chi connectivity index (χ1n) is 4.39. The van der Waals surface area contributed by atoms with E-state index in [0.29, 0.717) is 16.7 Å². The molecule has 0 unspecified atom stereocenters. The van der Waals surface area contributed by atoms with Crippen LogP contribution in [0.5, 0.6) is 5.75 Å². The Balaban J connectivity index is 2.93. The quantitative estimate of drug-likeness (QED) is 0.743. The molecule has 0 saturated carbocycles. The van der Waals surface area contributed by atoms with Crippen molar-refractivity contribution in [2.45, 2.75) is 6.92 Å². The van der Waals surface area contributed by atoms with Gasteiger partial charge in [0.15, 0.2) is 5.43 Å². The fourth-order valence-corrected chi connectivity index (χ4v) is 1.50. The highest BCUT2D eigenvalue weighted by molar-refractivity contribution is 5.84. The summed E-state index contributed by atoms with van der Waals surface area (Å²) >= 11 is 0. The van der Waals surface area contributed by atoms with E-state index < -0.39 is 0 Å². The Morgan fingerprint density at radius 2 is 2.14 bits per heavy atom. The second-order valence-electron chi connectivity index (χ2n) is 3.18. The third-order valence-electron chi connectivity index (χ3n) is 2.28. The van der Waals surface area contributed by atoms with Crippen LogP contribution < -0.4 is 10.2 Å². The largest absolute Gasteiger partial charge is 0.495 e. The van der Waals surface area contributed by atoms with E-state index in [1.807, 2.05) is 12.1 Å². The second kappa shape index (κ2) is 3.18. The van der Waals surface area contributed by atoms with Gasteiger partial charge >= 0.3 is 0 Å². The van der Waals surface area contributed by atoms with Gasteiger partial charge in [0.1, 0.15) is 5.75 Å². The van der Waals surface area contributed by atoms with Gasteiger partial charge in [-0.25, -0.2) is 0 Å². The molecule has 1 N–H and O–H groups in total. The predicted octanol–water partition coefficient (Wildman–Crippen LogP) is 1.85. The highest BCUT2D eigenvalue weighted by atomic mass is 16.5. The zero-order chi connectivity index (χ0) is 10.1. The number of aryl methyl sites for hydroxylation is 1. The minimum atomic E-state index is 0.0534. The van der Waals surface area contributed by atoms with Gasteiger partial charge in [-0.1, -0.05) is 6.07 Å². The van der Waals surface area contributed by atoms with E-state index in [9.17, 15) is 4.79 Å². The molecule has 0 amide bonds. The number of ether oxygens (including phenoxy) is 1. The van der Waals surface area contributed by atoms with Crippen molar-refractivity contribution in [1.29, 1.82) is 0 Å². The van der Waals surface area contributed by atoms with E-state index in [4.69, 9.17) is 4.74 Å². The minimum absolute atomic E-state index is 0.0534. The third kappa shape index (κ3) is 1.18. The van der Waals surface area contributed by atoms with E-state index in [0.717, 1.165) is 5.52 Å². The molecule has 0 spiro atoms. The second-order valence-corrected chi connectivity index (χ2v) is 3.18. The first-order chi connectivity index (χ1) is 6.74. The van der Waals surface area contributed by atoms with E-state index in [1.165, 1.54) is 0 Å². The number of nitrogens with one attached hydrogen (secondary N) is 1. The smallest absolute Gasteiger partial charge is 0.192 e. The number of fused-ring (bicyclic) bond motifs is 1. The van der Waals surface area contributed by atoms with Crippen molar-refractivity contribution >= 4 is 10.9 Å². The number of hydrogen-bond acceptors (Lipinski definition) is 2. The molecule has 72 valence electrons. The summed E-state index contributed by atoms with van der Waals surface area (Å²) in [6.07, 6.45) is 1.70. The van der Waals surface area contributed by atoms with Gasteiger partial charge in [0, 0.05) is 17.1 Å². The number of aromatic nitrogens is 1. The number of rotatable bonds is 1. The molecule has 0 atom stereocenters. The summed E-state index contributed by atoms with van der Waals surface area (Å²) in [6, 6.07) is 5.44. The zero-order valence-electron chi connectivity index (χ0n) is 8.13. The lowest BCUT2D eigenvalue weighted by Gasteiger charge is -2.04. The molecule has 3 nitrogen and oxygen atoms in total. The van der Waals surface area contributed by atoms with Crippen molar-refractivity contribution in [3.8, 4) is 5.75 Å². The summed E-state index contributed by atoms with van der Waals surface area (Å²) in [5.41, 5.74) is 1.52. The molecule has 0 aliphatic carbocycles. The van der Waals surface area contributed by atoms with Gasteiger partial charge < -0.3 is 9.72 Å². The molecule has 0 aliphatic heterocycles. The van der Waals surface area contributed by atoms with Crippen LogP contribution in [-0.4, -0.2) is 12.1 Å². The van der Waals surface area contributed by atoms with Crippen molar-refractivity contribution in [2.24, 2.45) is 0 Å². The first-order valence-corrected chi connectivity index (χ1v) is 4.39. The molecule has 2 aromatic rings. The monoisotopic (exact) mass is 189 g/mol. The molecule has 0 aliphatic rings. The Labute approximate surface area is 81.3 Å². The molecular formula is C11H11NO2. The molecule has 0 fully saturated rings. The molecular weight excluding hydrogens is 178 g/mol. The number of benzene rings is 1. The van der Waals surface area contributed by atoms with Crippen molar-refractivity contribution in [2.75, 3.05) is 7.11 Å². The number of methoxy groups -OCH3 is 1. The Morgan fingerprint density at radius 1 is 1.36 bits per heavy atom. The number of para-hydroxylation sites is 1. The molecule has 1 aromatic heterocycles. The first kappa shape index (κ1) is 8.81. The summed E-state index contributed by atoms with van der Waals surface area (Å²) in [5.74, 6) is 0.694. The van der Waals surface area contributed by atoms with Gasteiger partial charge in [0.05, 0.1) is 12.6 Å². The lowest BCUT2D eigenvalue weighted by Crippen LogP contribution is -2.06. The Hall–Kier alpha value is -1.77. The van der Waals surface area contributed by atoms with Crippen LogP contribution in [0.15, 0.2) is 29.2 Å². The maximum Gasteiger partial charge on any atom is 0.192 e. The number of pyridine rings is 1. The normalized spacial score (nSPS) is 10.4. The summed E-state index contributed by atoms with van der Waals surface area (Å²) in [7, 11) is 1.59. The summed E-state index contributed by atoms with van der Waals surface area (Å²) in [4.78, 5) is 14.8. The average Bonchev–Trinajstić information content (AvgIpc) is 2.23. The van der Waals surface area contributed by atoms with Crippen LogP contribution in [0.3, 0.4) is 0 Å². The topological polar surface area (TPSA) is 42.1 Å². The van der Waals surface area contributed by atoms with Gasteiger partial charge in [-0.3, -0.25) is 4.79 Å². The number of hydrogen-bond donors (Lipinski definition) is 1. The molecule has 3 heteroatoms. The van der Waals surface area contributed by atoms with Crippen LogP contribution in [0.25, 0.3) is 10.9 Å². The highest BCUT2D eigenvalue weighted by Gasteiger charge is 2.04. The van der Waals surface area contributed by atoms with Gasteiger partial charge in [-0.2, -0.15) is 0 Å². The molecule has 14 heavy (non-hydrogen) atoms. The standard InChI is InChI=1S/C11H11NO2/c1-7-6-12-10-8(11(7)13)4-3-5-9(10)14-2/h3-6H,1-2H3,(H,12,13). The van der Waals surface area contributed by atoms with Crippen LogP contribution in [0.4, 0.5) is 0 Å². The highest BCUT2D eigenvalue weighted by Crippen LogP contribution is 2.20. The Kier molecular flexibility index (Phi) is 2.00. The van der Waals surface area contributed by atoms with Crippen LogP contribution in [0, 0.1) is 6.92 Å². The molecule has 0 bridgehead atoms. The molecule has 0 saturated heterocycles. The Morgan fingerprint density at radius 3 is 2.86 bits per heavy atom.